The highest BCUT2D eigenvalue weighted by Crippen LogP contribution is 2.24. The molecule has 0 spiro atoms. The van der Waals surface area contributed by atoms with E-state index in [0.29, 0.717) is 12.5 Å². The van der Waals surface area contributed by atoms with E-state index < -0.39 is 47.5 Å². The lowest BCUT2D eigenvalue weighted by molar-refractivity contribution is -0.148. The summed E-state index contributed by atoms with van der Waals surface area (Å²) in [6, 6.07) is -2.26. The lowest BCUT2D eigenvalue weighted by Crippen LogP contribution is -2.48. The summed E-state index contributed by atoms with van der Waals surface area (Å²) in [4.78, 5) is 74.7. The zero-order valence-corrected chi connectivity index (χ0v) is 17.9. The number of nitrogens with zero attached hydrogens (tertiary/aromatic N) is 2. The van der Waals surface area contributed by atoms with Gasteiger partial charge >= 0.3 is 0 Å². The number of likely N-dealkylation sites (tertiary alicyclic amines) is 2. The quantitative estimate of drug-likeness (QED) is 0.383. The van der Waals surface area contributed by atoms with E-state index >= 15 is 0 Å². The molecular formula is C20H30N4O6. The van der Waals surface area contributed by atoms with Crippen molar-refractivity contribution in [3.8, 4) is 0 Å². The molecule has 2 fully saturated rings. The van der Waals surface area contributed by atoms with E-state index in [1.807, 2.05) is 0 Å². The van der Waals surface area contributed by atoms with Crippen molar-refractivity contribution < 1.29 is 28.8 Å². The maximum atomic E-state index is 12.6. The Labute approximate surface area is 175 Å². The smallest absolute Gasteiger partial charge is 0.253 e. The zero-order chi connectivity index (χ0) is 22.6. The molecule has 6 amide bonds. The van der Waals surface area contributed by atoms with Gasteiger partial charge in [0.05, 0.1) is 12.8 Å². The number of rotatable bonds is 9. The van der Waals surface area contributed by atoms with Gasteiger partial charge in [0.2, 0.25) is 23.6 Å². The standard InChI is InChI=1S/C20H30N4O6/c1-11(2)6-5-7-21-15(25)8-12(3)18(28)22-13-9-17(27)24(19(13)29)14-10-16(26)23(4)20(14)30/h11-14H,5-10H2,1-4H3,(H,21,25)(H,22,28). The molecule has 2 aliphatic heterocycles. The van der Waals surface area contributed by atoms with E-state index in [4.69, 9.17) is 0 Å². The molecule has 10 heteroatoms. The second kappa shape index (κ2) is 9.82. The fourth-order valence-electron chi connectivity index (χ4n) is 3.52. The summed E-state index contributed by atoms with van der Waals surface area (Å²) in [7, 11) is 1.30. The van der Waals surface area contributed by atoms with Gasteiger partial charge < -0.3 is 10.6 Å². The van der Waals surface area contributed by atoms with Crippen LogP contribution in [0, 0.1) is 11.8 Å². The molecule has 0 aromatic heterocycles. The highest BCUT2D eigenvalue weighted by molar-refractivity contribution is 6.14. The maximum Gasteiger partial charge on any atom is 0.253 e. The Hall–Kier alpha value is -2.78. The van der Waals surface area contributed by atoms with Crippen LogP contribution in [-0.2, 0) is 28.8 Å². The van der Waals surface area contributed by atoms with E-state index in [1.165, 1.54) is 7.05 Å². The number of amides is 6. The van der Waals surface area contributed by atoms with Gasteiger partial charge in [-0.05, 0) is 18.8 Å². The Morgan fingerprint density at radius 3 is 2.27 bits per heavy atom. The van der Waals surface area contributed by atoms with Crippen molar-refractivity contribution in [2.75, 3.05) is 13.6 Å². The predicted molar refractivity (Wildman–Crippen MR) is 105 cm³/mol. The zero-order valence-electron chi connectivity index (χ0n) is 17.9. The summed E-state index contributed by atoms with van der Waals surface area (Å²) in [6.45, 7) is 6.31. The van der Waals surface area contributed by atoms with Crippen molar-refractivity contribution in [2.24, 2.45) is 11.8 Å². The summed E-state index contributed by atoms with van der Waals surface area (Å²) in [6.07, 6.45) is 1.29. The first-order chi connectivity index (χ1) is 14.0. The highest BCUT2D eigenvalue weighted by Gasteiger charge is 2.50. The molecular weight excluding hydrogens is 392 g/mol. The van der Waals surface area contributed by atoms with E-state index in [0.717, 1.165) is 22.6 Å². The lowest BCUT2D eigenvalue weighted by atomic mass is 10.1. The molecule has 2 aliphatic rings. The highest BCUT2D eigenvalue weighted by atomic mass is 16.2. The molecule has 0 bridgehead atoms. The second-order valence-corrected chi connectivity index (χ2v) is 8.37. The topological polar surface area (TPSA) is 133 Å². The Bertz CT molecular complexity index is 750. The van der Waals surface area contributed by atoms with Gasteiger partial charge in [-0.15, -0.1) is 0 Å². The minimum atomic E-state index is -1.15. The number of imide groups is 2. The second-order valence-electron chi connectivity index (χ2n) is 8.37. The summed E-state index contributed by atoms with van der Waals surface area (Å²) >= 11 is 0. The Morgan fingerprint density at radius 1 is 1.03 bits per heavy atom. The molecule has 0 radical (unpaired) electrons. The van der Waals surface area contributed by atoms with Crippen molar-refractivity contribution in [1.82, 2.24) is 20.4 Å². The van der Waals surface area contributed by atoms with Crippen LogP contribution in [0.4, 0.5) is 0 Å². The molecule has 0 aromatic carbocycles. The fourth-order valence-corrected chi connectivity index (χ4v) is 3.52. The van der Waals surface area contributed by atoms with Crippen molar-refractivity contribution in [2.45, 2.75) is 65.0 Å². The molecule has 3 unspecified atom stereocenters. The minimum absolute atomic E-state index is 0.0352. The van der Waals surface area contributed by atoms with Crippen LogP contribution in [0.5, 0.6) is 0 Å². The maximum absolute atomic E-state index is 12.6. The summed E-state index contributed by atoms with van der Waals surface area (Å²) in [5, 5.41) is 5.26. The van der Waals surface area contributed by atoms with E-state index in [9.17, 15) is 28.8 Å². The van der Waals surface area contributed by atoms with Gasteiger partial charge in [-0.2, -0.15) is 0 Å². The van der Waals surface area contributed by atoms with Crippen LogP contribution < -0.4 is 10.6 Å². The van der Waals surface area contributed by atoms with Crippen molar-refractivity contribution in [3.63, 3.8) is 0 Å². The largest absolute Gasteiger partial charge is 0.356 e. The Kier molecular flexibility index (Phi) is 7.69. The van der Waals surface area contributed by atoms with Crippen LogP contribution in [0.3, 0.4) is 0 Å². The molecule has 0 saturated carbocycles. The fraction of sp³-hybridized carbons (Fsp3) is 0.700. The van der Waals surface area contributed by atoms with Gasteiger partial charge in [-0.25, -0.2) is 0 Å². The van der Waals surface area contributed by atoms with Crippen molar-refractivity contribution in [3.05, 3.63) is 0 Å². The van der Waals surface area contributed by atoms with Crippen LogP contribution in [-0.4, -0.2) is 70.9 Å². The van der Waals surface area contributed by atoms with E-state index in [2.05, 4.69) is 24.5 Å². The van der Waals surface area contributed by atoms with Gasteiger partial charge in [-0.1, -0.05) is 20.8 Å². The average molecular weight is 422 g/mol. The third-order valence-corrected chi connectivity index (χ3v) is 5.39. The minimum Gasteiger partial charge on any atom is -0.356 e. The first kappa shape index (κ1) is 23.5. The van der Waals surface area contributed by atoms with Gasteiger partial charge in [0.15, 0.2) is 0 Å². The average Bonchev–Trinajstić information content (AvgIpc) is 3.07. The predicted octanol–water partition coefficient (Wildman–Crippen LogP) is -0.434. The monoisotopic (exact) mass is 422 g/mol. The number of nitrogens with one attached hydrogen (secondary N) is 2. The number of hydrogen-bond acceptors (Lipinski definition) is 6. The van der Waals surface area contributed by atoms with Gasteiger partial charge in [0.25, 0.3) is 11.8 Å². The third-order valence-electron chi connectivity index (χ3n) is 5.39. The Morgan fingerprint density at radius 2 is 1.70 bits per heavy atom. The van der Waals surface area contributed by atoms with Crippen molar-refractivity contribution in [1.29, 1.82) is 0 Å². The molecule has 2 saturated heterocycles. The van der Waals surface area contributed by atoms with Gasteiger partial charge in [0.1, 0.15) is 12.1 Å². The lowest BCUT2D eigenvalue weighted by Gasteiger charge is -2.21. The normalized spacial score (nSPS) is 22.8. The van der Waals surface area contributed by atoms with E-state index in [-0.39, 0.29) is 25.2 Å². The first-order valence-corrected chi connectivity index (χ1v) is 10.3. The van der Waals surface area contributed by atoms with Crippen LogP contribution in [0.15, 0.2) is 0 Å². The number of likely N-dealkylation sites (N-methyl/N-ethyl adjacent to an activating group) is 1. The summed E-state index contributed by atoms with van der Waals surface area (Å²) in [5.41, 5.74) is 0. The Balaban J connectivity index is 1.86. The molecule has 10 nitrogen and oxygen atoms in total. The SMILES string of the molecule is CC(C)CCCNC(=O)CC(C)C(=O)NC1CC(=O)N(C2CC(=O)N(C)C2=O)C1=O. The molecule has 0 aliphatic carbocycles. The molecule has 3 atom stereocenters. The van der Waals surface area contributed by atoms with Crippen LogP contribution in [0.1, 0.15) is 52.9 Å². The van der Waals surface area contributed by atoms with Crippen LogP contribution in [0.2, 0.25) is 0 Å². The van der Waals surface area contributed by atoms with Crippen molar-refractivity contribution >= 4 is 35.4 Å². The van der Waals surface area contributed by atoms with Crippen LogP contribution in [0.25, 0.3) is 0 Å². The third kappa shape index (κ3) is 5.43. The molecule has 2 heterocycles. The molecule has 30 heavy (non-hydrogen) atoms. The molecule has 2 rings (SSSR count). The van der Waals surface area contributed by atoms with Gasteiger partial charge in [-0.3, -0.25) is 38.6 Å². The van der Waals surface area contributed by atoms with E-state index in [1.54, 1.807) is 6.92 Å². The molecule has 166 valence electrons. The molecule has 0 aromatic rings. The number of hydrogen-bond donors (Lipinski definition) is 2. The summed E-state index contributed by atoms with van der Waals surface area (Å²) < 4.78 is 0. The van der Waals surface area contributed by atoms with Gasteiger partial charge in [0, 0.05) is 25.9 Å². The summed E-state index contributed by atoms with van der Waals surface area (Å²) in [5.74, 6) is -3.31. The first-order valence-electron chi connectivity index (χ1n) is 10.3. The molecule has 2 N–H and O–H groups in total. The van der Waals surface area contributed by atoms with Crippen LogP contribution >= 0.6 is 0 Å². The number of carbonyl (C=O) groups excluding carboxylic acids is 6. The number of carbonyl (C=O) groups is 6.